The van der Waals surface area contributed by atoms with Crippen LogP contribution in [0.2, 0.25) is 0 Å². The summed E-state index contributed by atoms with van der Waals surface area (Å²) in [7, 11) is 0. The second-order valence-electron chi connectivity index (χ2n) is 1.96. The number of halogens is 1. The zero-order chi connectivity index (χ0) is 7.84. The fourth-order valence-electron chi connectivity index (χ4n) is 0.858. The maximum Gasteiger partial charge on any atom is 0.214 e. The molecule has 0 amide bonds. The van der Waals surface area contributed by atoms with Gasteiger partial charge < -0.3 is 0 Å². The van der Waals surface area contributed by atoms with Crippen molar-refractivity contribution in [3.63, 3.8) is 0 Å². The zero-order valence-electron chi connectivity index (χ0n) is 6.08. The van der Waals surface area contributed by atoms with Crippen molar-refractivity contribution in [2.24, 2.45) is 0 Å². The molecule has 0 aliphatic heterocycles. The van der Waals surface area contributed by atoms with E-state index < -0.39 is 5.95 Å². The minimum absolute atomic E-state index is 0.0788. The van der Waals surface area contributed by atoms with Crippen molar-refractivity contribution in [1.29, 1.82) is 0 Å². The van der Waals surface area contributed by atoms with Gasteiger partial charge >= 0.3 is 0 Å². The number of hydrogen-bond donors (Lipinski definition) is 0. The van der Waals surface area contributed by atoms with Crippen LogP contribution in [0.3, 0.4) is 0 Å². The van der Waals surface area contributed by atoms with Gasteiger partial charge in [-0.05, 0) is 18.2 Å². The summed E-state index contributed by atoms with van der Waals surface area (Å²) in [6.45, 7) is 0. The summed E-state index contributed by atoms with van der Waals surface area (Å²) in [5, 5.41) is 3.62. The predicted molar refractivity (Wildman–Crippen MR) is 35.2 cm³/mol. The molecule has 10 heavy (non-hydrogen) atoms. The van der Waals surface area contributed by atoms with Crippen molar-refractivity contribution in [2.45, 2.75) is 0 Å². The molecular formula is C7H5FN2. The van der Waals surface area contributed by atoms with Gasteiger partial charge in [0.15, 0.2) is 0 Å². The van der Waals surface area contributed by atoms with E-state index in [4.69, 9.17) is 1.37 Å². The van der Waals surface area contributed by atoms with Crippen LogP contribution in [0.4, 0.5) is 4.39 Å². The van der Waals surface area contributed by atoms with Crippen molar-refractivity contribution >= 4 is 5.52 Å². The molecule has 0 unspecified atom stereocenters. The lowest BCUT2D eigenvalue weighted by molar-refractivity contribution is 0.545. The van der Waals surface area contributed by atoms with Crippen LogP contribution in [0, 0.1) is 5.95 Å². The molecule has 0 bridgehead atoms. The molecule has 2 heterocycles. The molecule has 0 aliphatic rings. The zero-order valence-corrected chi connectivity index (χ0v) is 5.08. The van der Waals surface area contributed by atoms with Crippen molar-refractivity contribution in [3.05, 3.63) is 36.4 Å². The highest BCUT2D eigenvalue weighted by atomic mass is 19.1. The molecule has 2 nitrogen and oxygen atoms in total. The van der Waals surface area contributed by atoms with E-state index in [1.165, 1.54) is 12.1 Å². The molecule has 0 spiro atoms. The Labute approximate surface area is 58.3 Å². The van der Waals surface area contributed by atoms with Crippen molar-refractivity contribution in [3.8, 4) is 0 Å². The molecule has 0 N–H and O–H groups in total. The van der Waals surface area contributed by atoms with Crippen LogP contribution in [0.25, 0.3) is 5.52 Å². The first-order valence-electron chi connectivity index (χ1n) is 3.38. The van der Waals surface area contributed by atoms with Gasteiger partial charge in [-0.15, -0.1) is 0 Å². The summed E-state index contributed by atoms with van der Waals surface area (Å²) >= 11 is 0. The van der Waals surface area contributed by atoms with E-state index in [0.29, 0.717) is 5.52 Å². The largest absolute Gasteiger partial charge is 0.214 e. The molecule has 2 aromatic rings. The fourth-order valence-corrected chi connectivity index (χ4v) is 0.858. The van der Waals surface area contributed by atoms with Crippen LogP contribution in [0.1, 0.15) is 1.37 Å². The van der Waals surface area contributed by atoms with E-state index in [1.807, 2.05) is 0 Å². The first-order chi connectivity index (χ1) is 5.27. The lowest BCUT2D eigenvalue weighted by Gasteiger charge is -1.91. The number of hydrogen-bond acceptors (Lipinski definition) is 1. The SMILES string of the molecule is [2H]c1cc2cccc(F)n2n1. The maximum absolute atomic E-state index is 12.8. The van der Waals surface area contributed by atoms with Gasteiger partial charge in [0.05, 0.1) is 13.1 Å². The van der Waals surface area contributed by atoms with Crippen molar-refractivity contribution in [2.75, 3.05) is 0 Å². The lowest BCUT2D eigenvalue weighted by atomic mass is 10.4. The Hall–Kier alpha value is -1.38. The summed E-state index contributed by atoms with van der Waals surface area (Å²) in [6.07, 6.45) is 0.0788. The Bertz CT molecular complexity index is 396. The molecule has 0 saturated heterocycles. The van der Waals surface area contributed by atoms with Gasteiger partial charge in [-0.25, -0.2) is 4.52 Å². The molecular weight excluding hydrogens is 131 g/mol. The first-order valence-corrected chi connectivity index (χ1v) is 2.88. The van der Waals surface area contributed by atoms with Crippen LogP contribution >= 0.6 is 0 Å². The van der Waals surface area contributed by atoms with Crippen LogP contribution in [0.15, 0.2) is 30.4 Å². The molecule has 0 fully saturated rings. The van der Waals surface area contributed by atoms with Gasteiger partial charge in [0.2, 0.25) is 5.95 Å². The number of pyridine rings is 1. The Balaban J connectivity index is 2.90. The van der Waals surface area contributed by atoms with Gasteiger partial charge in [0.1, 0.15) is 0 Å². The molecule has 0 aliphatic carbocycles. The molecule has 50 valence electrons. The smallest absolute Gasteiger partial charge is 0.207 e. The average molecular weight is 137 g/mol. The van der Waals surface area contributed by atoms with Gasteiger partial charge in [-0.3, -0.25) is 0 Å². The quantitative estimate of drug-likeness (QED) is 0.502. The highest BCUT2D eigenvalue weighted by Gasteiger charge is 1.95. The van der Waals surface area contributed by atoms with Gasteiger partial charge in [0, 0.05) is 0 Å². The van der Waals surface area contributed by atoms with Crippen molar-refractivity contribution < 1.29 is 5.76 Å². The average Bonchev–Trinajstić information content (AvgIpc) is 2.31. The minimum Gasteiger partial charge on any atom is -0.207 e. The summed E-state index contributed by atoms with van der Waals surface area (Å²) in [5.41, 5.74) is 0.606. The third kappa shape index (κ3) is 0.603. The van der Waals surface area contributed by atoms with E-state index in [2.05, 4.69) is 5.10 Å². The third-order valence-electron chi connectivity index (χ3n) is 1.32. The molecule has 0 saturated carbocycles. The minimum atomic E-state index is -0.444. The molecule has 2 rings (SSSR count). The molecule has 0 aromatic carbocycles. The summed E-state index contributed by atoms with van der Waals surface area (Å²) in [4.78, 5) is 0. The summed E-state index contributed by atoms with van der Waals surface area (Å²) in [5.74, 6) is -0.444. The van der Waals surface area contributed by atoms with E-state index in [0.717, 1.165) is 4.52 Å². The van der Waals surface area contributed by atoms with Crippen molar-refractivity contribution in [1.82, 2.24) is 9.61 Å². The van der Waals surface area contributed by atoms with Gasteiger partial charge in [-0.1, -0.05) is 6.07 Å². The van der Waals surface area contributed by atoms with E-state index in [9.17, 15) is 4.39 Å². The van der Waals surface area contributed by atoms with Crippen LogP contribution in [0.5, 0.6) is 0 Å². The summed E-state index contributed by atoms with van der Waals surface area (Å²) < 4.78 is 21.0. The highest BCUT2D eigenvalue weighted by molar-refractivity contribution is 5.44. The lowest BCUT2D eigenvalue weighted by Crippen LogP contribution is -1.91. The first kappa shape index (κ1) is 4.44. The van der Waals surface area contributed by atoms with Crippen LogP contribution in [-0.2, 0) is 0 Å². The fraction of sp³-hybridized carbons (Fsp3) is 0. The number of nitrogens with zero attached hydrogens (tertiary/aromatic N) is 2. The molecule has 0 atom stereocenters. The van der Waals surface area contributed by atoms with E-state index in [1.54, 1.807) is 12.1 Å². The monoisotopic (exact) mass is 137 g/mol. The maximum atomic E-state index is 12.8. The Morgan fingerprint density at radius 3 is 3.20 bits per heavy atom. The predicted octanol–water partition coefficient (Wildman–Crippen LogP) is 1.47. The third-order valence-corrected chi connectivity index (χ3v) is 1.32. The molecule has 2 aromatic heterocycles. The normalized spacial score (nSPS) is 11.9. The van der Waals surface area contributed by atoms with Gasteiger partial charge in [-0.2, -0.15) is 9.49 Å². The number of fused-ring (bicyclic) bond motifs is 1. The summed E-state index contributed by atoms with van der Waals surface area (Å²) in [6, 6.07) is 6.10. The standard InChI is InChI=1S/C7H5FN2/c8-7-3-1-2-6-4-5-9-10(6)7/h1-5H/i5D. The van der Waals surface area contributed by atoms with Crippen LogP contribution in [-0.4, -0.2) is 9.61 Å². The second-order valence-corrected chi connectivity index (χ2v) is 1.96. The van der Waals surface area contributed by atoms with Gasteiger partial charge in [0.25, 0.3) is 0 Å². The van der Waals surface area contributed by atoms with E-state index >= 15 is 0 Å². The Kier molecular flexibility index (Phi) is 0.799. The number of rotatable bonds is 0. The van der Waals surface area contributed by atoms with Crippen LogP contribution < -0.4 is 0 Å². The van der Waals surface area contributed by atoms with E-state index in [-0.39, 0.29) is 6.17 Å². The highest BCUT2D eigenvalue weighted by Crippen LogP contribution is 2.03. The molecule has 0 radical (unpaired) electrons. The number of aromatic nitrogens is 2. The second kappa shape index (κ2) is 1.80. The Morgan fingerprint density at radius 1 is 1.50 bits per heavy atom. The molecule has 3 heteroatoms. The Morgan fingerprint density at radius 2 is 2.40 bits per heavy atom. The topological polar surface area (TPSA) is 17.3 Å².